The third-order valence-electron chi connectivity index (χ3n) is 5.29. The van der Waals surface area contributed by atoms with E-state index in [4.69, 9.17) is 4.52 Å². The Hall–Kier alpha value is -2.63. The molecule has 156 valence electrons. The number of piperazine rings is 1. The number of hydrogen-bond acceptors (Lipinski definition) is 4. The van der Waals surface area contributed by atoms with Gasteiger partial charge in [0.15, 0.2) is 11.5 Å². The molecule has 0 aliphatic carbocycles. The maximum absolute atomic E-state index is 13.3. The monoisotopic (exact) mass is 397 g/mol. The Morgan fingerprint density at radius 3 is 2.55 bits per heavy atom. The number of carbonyl (C=O) groups is 2. The second-order valence-electron chi connectivity index (χ2n) is 8.83. The van der Waals surface area contributed by atoms with Crippen LogP contribution in [-0.4, -0.2) is 40.5 Å². The molecular formula is C23H31N3O3. The maximum Gasteiger partial charge on any atom is 0.276 e. The SMILES string of the molecule is Cc1ccccc1-c1cc(C(=O)N2C[C@H](CC(C)C)NC(=O)[C@@H]2CC(C)C)no1. The van der Waals surface area contributed by atoms with E-state index in [9.17, 15) is 9.59 Å². The lowest BCUT2D eigenvalue weighted by Crippen LogP contribution is -2.62. The summed E-state index contributed by atoms with van der Waals surface area (Å²) in [5, 5.41) is 7.14. The topological polar surface area (TPSA) is 75.4 Å². The van der Waals surface area contributed by atoms with Gasteiger partial charge in [0.25, 0.3) is 5.91 Å². The summed E-state index contributed by atoms with van der Waals surface area (Å²) in [6.07, 6.45) is 1.45. The fourth-order valence-corrected chi connectivity index (χ4v) is 3.96. The predicted octanol–water partition coefficient (Wildman–Crippen LogP) is 4.05. The van der Waals surface area contributed by atoms with Crippen molar-refractivity contribution in [2.24, 2.45) is 11.8 Å². The standard InChI is InChI=1S/C23H31N3O3/c1-14(2)10-17-13-26(20(11-15(3)4)22(27)24-17)23(28)19-12-21(29-25-19)18-9-7-6-8-16(18)5/h6-9,12,14-15,17,20H,10-11,13H2,1-5H3,(H,24,27)/t17-,20-/m0/s1. The molecule has 1 aromatic heterocycles. The van der Waals surface area contributed by atoms with Gasteiger partial charge in [0, 0.05) is 24.2 Å². The Morgan fingerprint density at radius 1 is 1.21 bits per heavy atom. The van der Waals surface area contributed by atoms with Crippen LogP contribution in [0.1, 0.15) is 56.6 Å². The molecule has 6 heteroatoms. The molecule has 1 aliphatic rings. The third kappa shape index (κ3) is 4.86. The van der Waals surface area contributed by atoms with Gasteiger partial charge in [-0.2, -0.15) is 0 Å². The molecule has 1 aliphatic heterocycles. The molecule has 3 rings (SSSR count). The number of aromatic nitrogens is 1. The van der Waals surface area contributed by atoms with Crippen LogP contribution in [0.5, 0.6) is 0 Å². The molecule has 6 nitrogen and oxygen atoms in total. The molecule has 0 bridgehead atoms. The molecule has 29 heavy (non-hydrogen) atoms. The van der Waals surface area contributed by atoms with E-state index in [0.717, 1.165) is 17.5 Å². The van der Waals surface area contributed by atoms with Crippen molar-refractivity contribution in [3.05, 3.63) is 41.6 Å². The first kappa shape index (κ1) is 21.1. The van der Waals surface area contributed by atoms with Gasteiger partial charge in [-0.25, -0.2) is 0 Å². The zero-order valence-corrected chi connectivity index (χ0v) is 17.9. The number of amides is 2. The summed E-state index contributed by atoms with van der Waals surface area (Å²) >= 11 is 0. The Bertz CT molecular complexity index is 872. The quantitative estimate of drug-likeness (QED) is 0.798. The summed E-state index contributed by atoms with van der Waals surface area (Å²) in [6.45, 7) is 10.8. The first-order valence-electron chi connectivity index (χ1n) is 10.4. The highest BCUT2D eigenvalue weighted by molar-refractivity contribution is 5.97. The number of rotatable bonds is 6. The Balaban J connectivity index is 1.87. The van der Waals surface area contributed by atoms with Crippen LogP contribution in [-0.2, 0) is 4.79 Å². The average molecular weight is 398 g/mol. The zero-order chi connectivity index (χ0) is 21.1. The van der Waals surface area contributed by atoms with E-state index in [0.29, 0.717) is 30.6 Å². The van der Waals surface area contributed by atoms with Crippen LogP contribution in [0, 0.1) is 18.8 Å². The first-order valence-corrected chi connectivity index (χ1v) is 10.4. The number of benzene rings is 1. The average Bonchev–Trinajstić information content (AvgIpc) is 3.12. The highest BCUT2D eigenvalue weighted by Crippen LogP contribution is 2.26. The van der Waals surface area contributed by atoms with Crippen LogP contribution in [0.3, 0.4) is 0 Å². The van der Waals surface area contributed by atoms with Crippen molar-refractivity contribution >= 4 is 11.8 Å². The maximum atomic E-state index is 13.3. The van der Waals surface area contributed by atoms with Crippen molar-refractivity contribution in [3.8, 4) is 11.3 Å². The fourth-order valence-electron chi connectivity index (χ4n) is 3.96. The van der Waals surface area contributed by atoms with E-state index in [2.05, 4.69) is 38.2 Å². The summed E-state index contributed by atoms with van der Waals surface area (Å²) in [6, 6.07) is 8.97. The van der Waals surface area contributed by atoms with Gasteiger partial charge in [0.2, 0.25) is 5.91 Å². The van der Waals surface area contributed by atoms with Crippen molar-refractivity contribution in [3.63, 3.8) is 0 Å². The van der Waals surface area contributed by atoms with E-state index in [1.807, 2.05) is 31.2 Å². The van der Waals surface area contributed by atoms with Crippen LogP contribution in [0.25, 0.3) is 11.3 Å². The van der Waals surface area contributed by atoms with E-state index in [-0.39, 0.29) is 23.6 Å². The fraction of sp³-hybridized carbons (Fsp3) is 0.522. The molecule has 2 aromatic rings. The van der Waals surface area contributed by atoms with Gasteiger partial charge in [-0.15, -0.1) is 0 Å². The highest BCUT2D eigenvalue weighted by Gasteiger charge is 2.39. The van der Waals surface area contributed by atoms with E-state index >= 15 is 0 Å². The minimum atomic E-state index is -0.482. The number of aryl methyl sites for hydroxylation is 1. The van der Waals surface area contributed by atoms with Gasteiger partial charge in [-0.1, -0.05) is 57.1 Å². The van der Waals surface area contributed by atoms with Crippen molar-refractivity contribution < 1.29 is 14.1 Å². The van der Waals surface area contributed by atoms with Crippen LogP contribution in [0.4, 0.5) is 0 Å². The Kier molecular flexibility index (Phi) is 6.40. The number of nitrogens with one attached hydrogen (secondary N) is 1. The van der Waals surface area contributed by atoms with Gasteiger partial charge < -0.3 is 14.7 Å². The molecule has 0 saturated carbocycles. The van der Waals surface area contributed by atoms with E-state index < -0.39 is 6.04 Å². The smallest absolute Gasteiger partial charge is 0.276 e. The molecule has 2 atom stereocenters. The predicted molar refractivity (Wildman–Crippen MR) is 112 cm³/mol. The summed E-state index contributed by atoms with van der Waals surface area (Å²) in [7, 11) is 0. The minimum Gasteiger partial charge on any atom is -0.355 e. The van der Waals surface area contributed by atoms with Crippen molar-refractivity contribution in [2.45, 2.75) is 59.5 Å². The molecule has 0 unspecified atom stereocenters. The normalized spacial score (nSPS) is 19.7. The zero-order valence-electron chi connectivity index (χ0n) is 17.9. The molecule has 1 aromatic carbocycles. The summed E-state index contributed by atoms with van der Waals surface area (Å²) in [4.78, 5) is 27.8. The Labute approximate surface area is 172 Å². The van der Waals surface area contributed by atoms with Gasteiger partial charge >= 0.3 is 0 Å². The van der Waals surface area contributed by atoms with E-state index in [1.165, 1.54) is 0 Å². The van der Waals surface area contributed by atoms with Crippen molar-refractivity contribution in [1.29, 1.82) is 0 Å². The molecule has 0 spiro atoms. The molecule has 2 heterocycles. The molecule has 1 saturated heterocycles. The molecule has 0 radical (unpaired) electrons. The largest absolute Gasteiger partial charge is 0.355 e. The number of hydrogen-bond donors (Lipinski definition) is 1. The Morgan fingerprint density at radius 2 is 1.90 bits per heavy atom. The van der Waals surface area contributed by atoms with Crippen LogP contribution >= 0.6 is 0 Å². The third-order valence-corrected chi connectivity index (χ3v) is 5.29. The second kappa shape index (κ2) is 8.80. The molecular weight excluding hydrogens is 366 g/mol. The van der Waals surface area contributed by atoms with Gasteiger partial charge in [0.1, 0.15) is 6.04 Å². The van der Waals surface area contributed by atoms with Gasteiger partial charge in [-0.3, -0.25) is 9.59 Å². The summed E-state index contributed by atoms with van der Waals surface area (Å²) in [5.41, 5.74) is 2.21. The molecule has 1 fully saturated rings. The summed E-state index contributed by atoms with van der Waals surface area (Å²) in [5.74, 6) is 0.961. The molecule has 1 N–H and O–H groups in total. The van der Waals surface area contributed by atoms with Crippen molar-refractivity contribution in [1.82, 2.24) is 15.4 Å². The number of carbonyl (C=O) groups excluding carboxylic acids is 2. The van der Waals surface area contributed by atoms with E-state index in [1.54, 1.807) is 11.0 Å². The molecule has 2 amide bonds. The van der Waals surface area contributed by atoms with Crippen LogP contribution in [0.15, 0.2) is 34.9 Å². The van der Waals surface area contributed by atoms with Crippen molar-refractivity contribution in [2.75, 3.05) is 6.54 Å². The van der Waals surface area contributed by atoms with Crippen LogP contribution in [0.2, 0.25) is 0 Å². The summed E-state index contributed by atoms with van der Waals surface area (Å²) < 4.78 is 5.48. The van der Waals surface area contributed by atoms with Gasteiger partial charge in [0.05, 0.1) is 0 Å². The second-order valence-corrected chi connectivity index (χ2v) is 8.83. The minimum absolute atomic E-state index is 0.0439. The van der Waals surface area contributed by atoms with Crippen LogP contribution < -0.4 is 5.32 Å². The lowest BCUT2D eigenvalue weighted by Gasteiger charge is -2.40. The number of nitrogens with zero attached hydrogens (tertiary/aromatic N) is 2. The first-order chi connectivity index (χ1) is 13.8. The lowest BCUT2D eigenvalue weighted by molar-refractivity contribution is -0.130. The highest BCUT2D eigenvalue weighted by atomic mass is 16.5. The van der Waals surface area contributed by atoms with Gasteiger partial charge in [-0.05, 0) is 37.2 Å². The lowest BCUT2D eigenvalue weighted by atomic mass is 9.94.